The lowest BCUT2D eigenvalue weighted by Crippen LogP contribution is -2.37. The van der Waals surface area contributed by atoms with Gasteiger partial charge in [-0.2, -0.15) is 0 Å². The van der Waals surface area contributed by atoms with E-state index in [-0.39, 0.29) is 30.3 Å². The van der Waals surface area contributed by atoms with Crippen molar-refractivity contribution in [1.82, 2.24) is 10.3 Å². The number of fused-ring (bicyclic) bond motifs is 1. The zero-order valence-corrected chi connectivity index (χ0v) is 12.5. The Bertz CT molecular complexity index is 534. The van der Waals surface area contributed by atoms with Crippen LogP contribution in [-0.4, -0.2) is 28.9 Å². The second-order valence-corrected chi connectivity index (χ2v) is 6.12. The van der Waals surface area contributed by atoms with Gasteiger partial charge < -0.3 is 16.4 Å². The summed E-state index contributed by atoms with van der Waals surface area (Å²) in [5.74, 6) is -0.245. The molecule has 6 nitrogen and oxygen atoms in total. The number of aromatic nitrogens is 1. The fourth-order valence-electron chi connectivity index (χ4n) is 2.46. The van der Waals surface area contributed by atoms with Crippen molar-refractivity contribution < 1.29 is 9.59 Å². The van der Waals surface area contributed by atoms with E-state index < -0.39 is 6.04 Å². The topological polar surface area (TPSA) is 97.1 Å². The lowest BCUT2D eigenvalue weighted by atomic mass is 9.99. The number of nitrogens with one attached hydrogen (secondary N) is 2. The summed E-state index contributed by atoms with van der Waals surface area (Å²) in [5.41, 5.74) is 6.97. The van der Waals surface area contributed by atoms with Gasteiger partial charge in [-0.05, 0) is 25.7 Å². The van der Waals surface area contributed by atoms with Crippen LogP contribution in [0.2, 0.25) is 0 Å². The van der Waals surface area contributed by atoms with Gasteiger partial charge in [-0.25, -0.2) is 4.98 Å². The number of rotatable bonds is 2. The van der Waals surface area contributed by atoms with Gasteiger partial charge in [0.15, 0.2) is 5.13 Å². The quantitative estimate of drug-likeness (QED) is 0.744. The van der Waals surface area contributed by atoms with Crippen molar-refractivity contribution in [2.24, 2.45) is 5.73 Å². The molecule has 1 aromatic heterocycles. The summed E-state index contributed by atoms with van der Waals surface area (Å²) in [6.45, 7) is 0. The number of anilines is 1. The highest BCUT2D eigenvalue weighted by Gasteiger charge is 2.28. The van der Waals surface area contributed by atoms with Crippen LogP contribution in [0.4, 0.5) is 5.13 Å². The van der Waals surface area contributed by atoms with Crippen LogP contribution in [0.3, 0.4) is 0 Å². The van der Waals surface area contributed by atoms with E-state index in [1.807, 2.05) is 0 Å². The first kappa shape index (κ1) is 15.2. The maximum absolute atomic E-state index is 12.0. The number of hydrogen-bond acceptors (Lipinski definition) is 5. The minimum Gasteiger partial charge on any atom is -0.344 e. The number of amides is 2. The van der Waals surface area contributed by atoms with E-state index in [4.69, 9.17) is 5.73 Å². The minimum atomic E-state index is -0.421. The standard InChI is InChI=1S/C12H16N4O2S.ClH/c13-6-1-2-7-9(5-6)19-12(15-7)16-11(18)8-3-4-10(17)14-8;/h6,8H,1-5,13H2,(H,14,17)(H,15,16,18);1H/t6-,8-;/m0./s1. The molecule has 8 heteroatoms. The molecule has 3 rings (SSSR count). The van der Waals surface area contributed by atoms with Gasteiger partial charge in [-0.15, -0.1) is 23.7 Å². The molecule has 0 bridgehead atoms. The van der Waals surface area contributed by atoms with E-state index in [0.29, 0.717) is 18.0 Å². The molecule has 0 saturated carbocycles. The monoisotopic (exact) mass is 316 g/mol. The molecular weight excluding hydrogens is 300 g/mol. The molecular formula is C12H17ClN4O2S. The number of hydrogen-bond donors (Lipinski definition) is 3. The third kappa shape index (κ3) is 3.11. The first-order valence-corrected chi connectivity index (χ1v) is 7.28. The van der Waals surface area contributed by atoms with Crippen LogP contribution in [0.15, 0.2) is 0 Å². The van der Waals surface area contributed by atoms with Gasteiger partial charge in [0.2, 0.25) is 11.8 Å². The van der Waals surface area contributed by atoms with E-state index in [0.717, 1.165) is 25.0 Å². The zero-order valence-electron chi connectivity index (χ0n) is 10.8. The lowest BCUT2D eigenvalue weighted by molar-refractivity contribution is -0.122. The van der Waals surface area contributed by atoms with Gasteiger partial charge in [-0.3, -0.25) is 9.59 Å². The van der Waals surface area contributed by atoms with Crippen LogP contribution >= 0.6 is 23.7 Å². The highest BCUT2D eigenvalue weighted by Crippen LogP contribution is 2.29. The van der Waals surface area contributed by atoms with Crippen molar-refractivity contribution >= 4 is 40.7 Å². The van der Waals surface area contributed by atoms with Gasteiger partial charge in [-0.1, -0.05) is 0 Å². The molecule has 1 aromatic rings. The summed E-state index contributed by atoms with van der Waals surface area (Å²) in [5, 5.41) is 6.05. The fraction of sp³-hybridized carbons (Fsp3) is 0.583. The van der Waals surface area contributed by atoms with E-state index >= 15 is 0 Å². The predicted molar refractivity (Wildman–Crippen MR) is 79.2 cm³/mol. The Labute approximate surface area is 126 Å². The van der Waals surface area contributed by atoms with Crippen LogP contribution < -0.4 is 16.4 Å². The molecule has 1 saturated heterocycles. The Hall–Kier alpha value is -1.18. The lowest BCUT2D eigenvalue weighted by Gasteiger charge is -2.15. The van der Waals surface area contributed by atoms with E-state index in [1.165, 1.54) is 16.2 Å². The zero-order chi connectivity index (χ0) is 13.4. The maximum atomic E-state index is 12.0. The Morgan fingerprint density at radius 3 is 2.90 bits per heavy atom. The number of carbonyl (C=O) groups is 2. The summed E-state index contributed by atoms with van der Waals surface area (Å²) in [6, 6.07) is -0.221. The maximum Gasteiger partial charge on any atom is 0.248 e. The summed E-state index contributed by atoms with van der Waals surface area (Å²) < 4.78 is 0. The molecule has 2 aliphatic rings. The Kier molecular flexibility index (Phi) is 4.62. The normalized spacial score (nSPS) is 24.6. The Morgan fingerprint density at radius 1 is 1.40 bits per heavy atom. The second kappa shape index (κ2) is 6.07. The second-order valence-electron chi connectivity index (χ2n) is 5.04. The van der Waals surface area contributed by atoms with Gasteiger partial charge in [0.05, 0.1) is 5.69 Å². The molecule has 1 fully saturated rings. The highest BCUT2D eigenvalue weighted by molar-refractivity contribution is 7.15. The molecule has 1 aliphatic carbocycles. The smallest absolute Gasteiger partial charge is 0.248 e. The average molecular weight is 317 g/mol. The van der Waals surface area contributed by atoms with Crippen molar-refractivity contribution in [3.8, 4) is 0 Å². The molecule has 2 amide bonds. The summed E-state index contributed by atoms with van der Waals surface area (Å²) in [4.78, 5) is 28.6. The molecule has 2 heterocycles. The van der Waals surface area contributed by atoms with Crippen molar-refractivity contribution in [3.63, 3.8) is 0 Å². The molecule has 0 spiro atoms. The summed E-state index contributed by atoms with van der Waals surface area (Å²) >= 11 is 1.49. The Morgan fingerprint density at radius 2 is 2.20 bits per heavy atom. The van der Waals surface area contributed by atoms with Crippen molar-refractivity contribution in [2.45, 2.75) is 44.2 Å². The first-order chi connectivity index (χ1) is 9.11. The van der Waals surface area contributed by atoms with Crippen LogP contribution in [-0.2, 0) is 22.4 Å². The number of aryl methyl sites for hydroxylation is 1. The average Bonchev–Trinajstić information content (AvgIpc) is 2.94. The van der Waals surface area contributed by atoms with Gasteiger partial charge in [0.1, 0.15) is 6.04 Å². The third-order valence-electron chi connectivity index (χ3n) is 3.52. The molecule has 1 aliphatic heterocycles. The molecule has 2 atom stereocenters. The number of carbonyl (C=O) groups excluding carboxylic acids is 2. The number of nitrogens with two attached hydrogens (primary N) is 1. The van der Waals surface area contributed by atoms with Crippen LogP contribution in [0, 0.1) is 0 Å². The van der Waals surface area contributed by atoms with Crippen molar-refractivity contribution in [1.29, 1.82) is 0 Å². The Balaban J connectivity index is 0.00000147. The summed E-state index contributed by atoms with van der Waals surface area (Å²) in [6.07, 6.45) is 3.64. The highest BCUT2D eigenvalue weighted by atomic mass is 35.5. The largest absolute Gasteiger partial charge is 0.344 e. The van der Waals surface area contributed by atoms with Crippen LogP contribution in [0.25, 0.3) is 0 Å². The van der Waals surface area contributed by atoms with E-state index in [2.05, 4.69) is 15.6 Å². The van der Waals surface area contributed by atoms with Crippen LogP contribution in [0.5, 0.6) is 0 Å². The molecule has 4 N–H and O–H groups in total. The number of thiazole rings is 1. The molecule has 110 valence electrons. The van der Waals surface area contributed by atoms with Crippen LogP contribution in [0.1, 0.15) is 29.8 Å². The van der Waals surface area contributed by atoms with Gasteiger partial charge >= 0.3 is 0 Å². The van der Waals surface area contributed by atoms with Crippen molar-refractivity contribution in [3.05, 3.63) is 10.6 Å². The van der Waals surface area contributed by atoms with Gasteiger partial charge in [0, 0.05) is 17.3 Å². The van der Waals surface area contributed by atoms with Gasteiger partial charge in [0.25, 0.3) is 0 Å². The van der Waals surface area contributed by atoms with E-state index in [9.17, 15) is 9.59 Å². The predicted octanol–water partition coefficient (Wildman–Crippen LogP) is 0.598. The van der Waals surface area contributed by atoms with Crippen molar-refractivity contribution in [2.75, 3.05) is 5.32 Å². The molecule has 0 radical (unpaired) electrons. The minimum absolute atomic E-state index is 0. The SMILES string of the molecule is Cl.N[C@H]1CCc2nc(NC(=O)[C@@H]3CCC(=O)N3)sc2C1. The molecule has 20 heavy (non-hydrogen) atoms. The fourth-order valence-corrected chi connectivity index (χ4v) is 3.56. The number of halogens is 1. The third-order valence-corrected chi connectivity index (χ3v) is 4.56. The number of nitrogens with zero attached hydrogens (tertiary/aromatic N) is 1. The van der Waals surface area contributed by atoms with E-state index in [1.54, 1.807) is 0 Å². The first-order valence-electron chi connectivity index (χ1n) is 6.46. The molecule has 0 unspecified atom stereocenters. The summed E-state index contributed by atoms with van der Waals surface area (Å²) in [7, 11) is 0. The molecule has 0 aromatic carbocycles.